The van der Waals surface area contributed by atoms with Gasteiger partial charge in [-0.3, -0.25) is 0 Å². The van der Waals surface area contributed by atoms with Crippen molar-refractivity contribution >= 4 is 29.1 Å². The first-order valence-corrected chi connectivity index (χ1v) is 9.31. The van der Waals surface area contributed by atoms with E-state index in [4.69, 9.17) is 21.8 Å². The van der Waals surface area contributed by atoms with E-state index in [1.165, 1.54) is 10.8 Å². The van der Waals surface area contributed by atoms with Gasteiger partial charge in [0.25, 0.3) is 0 Å². The van der Waals surface area contributed by atoms with Crippen LogP contribution in [-0.4, -0.2) is 9.78 Å². The number of nitrogens with two attached hydrogens (primary N) is 1. The second-order valence-electron chi connectivity index (χ2n) is 6.32. The Labute approximate surface area is 177 Å². The number of nitrogens with zero attached hydrogens (tertiary/aromatic N) is 4. The third-order valence-corrected chi connectivity index (χ3v) is 4.79. The van der Waals surface area contributed by atoms with Crippen LogP contribution in [0.2, 0.25) is 5.02 Å². The summed E-state index contributed by atoms with van der Waals surface area (Å²) in [6.07, 6.45) is 1.53. The number of benzene rings is 2. The van der Waals surface area contributed by atoms with Crippen molar-refractivity contribution in [2.24, 2.45) is 0 Å². The second kappa shape index (κ2) is 8.00. The van der Waals surface area contributed by atoms with Crippen molar-refractivity contribution in [1.82, 2.24) is 9.78 Å². The monoisotopic (exact) mass is 411 g/mol. The summed E-state index contributed by atoms with van der Waals surface area (Å²) in [5.41, 5.74) is 8.05. The van der Waals surface area contributed by atoms with Gasteiger partial charge in [-0.25, -0.2) is 4.68 Å². The summed E-state index contributed by atoms with van der Waals surface area (Å²) in [5.74, 6) is 1.16. The molecular formula is C23H14ClN5O. The van der Waals surface area contributed by atoms with Crippen molar-refractivity contribution in [3.8, 4) is 29.1 Å². The highest BCUT2D eigenvalue weighted by Crippen LogP contribution is 2.31. The molecule has 0 saturated carbocycles. The van der Waals surface area contributed by atoms with E-state index in [2.05, 4.69) is 11.2 Å². The van der Waals surface area contributed by atoms with Crippen LogP contribution < -0.4 is 5.73 Å². The summed E-state index contributed by atoms with van der Waals surface area (Å²) in [5, 5.41) is 24.3. The lowest BCUT2D eigenvalue weighted by molar-refractivity contribution is 0.572. The molecule has 2 heterocycles. The van der Waals surface area contributed by atoms with E-state index >= 15 is 0 Å². The van der Waals surface area contributed by atoms with Crippen LogP contribution in [0, 0.1) is 22.7 Å². The Hall–Kier alpha value is -4.26. The molecule has 2 aromatic heterocycles. The molecule has 4 rings (SSSR count). The van der Waals surface area contributed by atoms with Crippen molar-refractivity contribution in [3.63, 3.8) is 0 Å². The molecule has 0 aliphatic heterocycles. The van der Waals surface area contributed by atoms with Crippen molar-refractivity contribution in [1.29, 1.82) is 10.5 Å². The van der Waals surface area contributed by atoms with Crippen LogP contribution in [0.4, 0.5) is 5.82 Å². The van der Waals surface area contributed by atoms with E-state index in [0.29, 0.717) is 22.2 Å². The maximum absolute atomic E-state index is 9.72. The third kappa shape index (κ3) is 3.44. The lowest BCUT2D eigenvalue weighted by Crippen LogP contribution is -2.02. The van der Waals surface area contributed by atoms with Gasteiger partial charge in [0.05, 0.1) is 16.3 Å². The number of para-hydroxylation sites is 1. The number of rotatable bonds is 4. The van der Waals surface area contributed by atoms with Gasteiger partial charge in [0, 0.05) is 11.6 Å². The third-order valence-electron chi connectivity index (χ3n) is 4.46. The molecule has 0 bridgehead atoms. The minimum absolute atomic E-state index is 0.129. The zero-order chi connectivity index (χ0) is 21.1. The Bertz CT molecular complexity index is 1340. The van der Waals surface area contributed by atoms with Crippen LogP contribution in [0.5, 0.6) is 0 Å². The van der Waals surface area contributed by atoms with Crippen molar-refractivity contribution < 1.29 is 4.42 Å². The Morgan fingerprint density at radius 1 is 1.03 bits per heavy atom. The van der Waals surface area contributed by atoms with E-state index in [-0.39, 0.29) is 22.6 Å². The first kappa shape index (κ1) is 19.1. The van der Waals surface area contributed by atoms with Gasteiger partial charge in [0.2, 0.25) is 0 Å². The molecule has 0 radical (unpaired) electrons. The number of nitrogen functional groups attached to an aromatic ring is 1. The van der Waals surface area contributed by atoms with Crippen LogP contribution in [0.25, 0.3) is 28.7 Å². The molecular weight excluding hydrogens is 398 g/mol. The highest BCUT2D eigenvalue weighted by atomic mass is 35.5. The normalized spacial score (nSPS) is 11.1. The Morgan fingerprint density at radius 3 is 2.47 bits per heavy atom. The lowest BCUT2D eigenvalue weighted by atomic mass is 10.1. The smallest absolute Gasteiger partial charge is 0.145 e. The van der Waals surface area contributed by atoms with Gasteiger partial charge in [0.1, 0.15) is 40.7 Å². The van der Waals surface area contributed by atoms with Gasteiger partial charge < -0.3 is 10.2 Å². The van der Waals surface area contributed by atoms with Gasteiger partial charge >= 0.3 is 0 Å². The highest BCUT2D eigenvalue weighted by molar-refractivity contribution is 6.33. The van der Waals surface area contributed by atoms with E-state index in [1.54, 1.807) is 18.2 Å². The fraction of sp³-hybridized carbons (Fsp3) is 0. The van der Waals surface area contributed by atoms with Crippen LogP contribution >= 0.6 is 11.6 Å². The van der Waals surface area contributed by atoms with E-state index in [9.17, 15) is 10.5 Å². The minimum atomic E-state index is 0.129. The predicted octanol–water partition coefficient (Wildman–Crippen LogP) is 5.30. The van der Waals surface area contributed by atoms with Crippen LogP contribution in [0.1, 0.15) is 17.0 Å². The number of anilines is 1. The molecule has 144 valence electrons. The number of nitriles is 2. The molecule has 0 atom stereocenters. The minimum Gasteiger partial charge on any atom is -0.457 e. The molecule has 0 unspecified atom stereocenters. The van der Waals surface area contributed by atoms with Crippen molar-refractivity contribution in [2.75, 3.05) is 5.73 Å². The summed E-state index contributed by atoms with van der Waals surface area (Å²) in [7, 11) is 0. The first-order chi connectivity index (χ1) is 14.6. The standard InChI is InChI=1S/C23H14ClN5O/c24-20-9-5-4-8-18(20)21-11-10-17(30-21)12-15(13-25)22-19(14-26)23(27)29(28-22)16-6-2-1-3-7-16/h1-12H,27H2/b15-12+. The molecule has 0 aliphatic carbocycles. The Kier molecular flexibility index (Phi) is 5.09. The molecule has 0 saturated heterocycles. The van der Waals surface area contributed by atoms with Crippen LogP contribution in [-0.2, 0) is 0 Å². The topological polar surface area (TPSA) is 105 Å². The Morgan fingerprint density at radius 2 is 1.77 bits per heavy atom. The maximum atomic E-state index is 9.72. The van der Waals surface area contributed by atoms with Gasteiger partial charge in [0.15, 0.2) is 0 Å². The average molecular weight is 412 g/mol. The summed E-state index contributed by atoms with van der Waals surface area (Å²) in [6, 6.07) is 24.1. The molecule has 0 spiro atoms. The maximum Gasteiger partial charge on any atom is 0.145 e. The molecule has 30 heavy (non-hydrogen) atoms. The first-order valence-electron chi connectivity index (χ1n) is 8.93. The van der Waals surface area contributed by atoms with Gasteiger partial charge in [-0.15, -0.1) is 0 Å². The molecule has 4 aromatic rings. The quantitative estimate of drug-likeness (QED) is 0.458. The number of aromatic nitrogens is 2. The summed E-state index contributed by atoms with van der Waals surface area (Å²) >= 11 is 6.22. The fourth-order valence-electron chi connectivity index (χ4n) is 3.03. The van der Waals surface area contributed by atoms with Crippen molar-refractivity contribution in [3.05, 3.63) is 88.8 Å². The van der Waals surface area contributed by atoms with E-state index in [0.717, 1.165) is 5.56 Å². The Balaban J connectivity index is 1.77. The zero-order valence-corrected chi connectivity index (χ0v) is 16.3. The second-order valence-corrected chi connectivity index (χ2v) is 6.73. The van der Waals surface area contributed by atoms with Gasteiger partial charge in [-0.2, -0.15) is 15.6 Å². The molecule has 0 aliphatic rings. The highest BCUT2D eigenvalue weighted by Gasteiger charge is 2.20. The lowest BCUT2D eigenvalue weighted by Gasteiger charge is -2.02. The van der Waals surface area contributed by atoms with Gasteiger partial charge in [-0.1, -0.05) is 41.9 Å². The number of furan rings is 1. The average Bonchev–Trinajstić information content (AvgIpc) is 3.37. The van der Waals surface area contributed by atoms with E-state index in [1.807, 2.05) is 54.6 Å². The summed E-state index contributed by atoms with van der Waals surface area (Å²) in [4.78, 5) is 0. The SMILES string of the molecule is N#C/C(=C\c1ccc(-c2ccccc2Cl)o1)c1nn(-c2ccccc2)c(N)c1C#N. The van der Waals surface area contributed by atoms with Crippen LogP contribution in [0.3, 0.4) is 0 Å². The number of hydrogen-bond donors (Lipinski definition) is 1. The molecule has 2 aromatic carbocycles. The molecule has 2 N–H and O–H groups in total. The van der Waals surface area contributed by atoms with E-state index < -0.39 is 0 Å². The molecule has 6 nitrogen and oxygen atoms in total. The largest absolute Gasteiger partial charge is 0.457 e. The van der Waals surface area contributed by atoms with Crippen LogP contribution in [0.15, 0.2) is 71.1 Å². The summed E-state index contributed by atoms with van der Waals surface area (Å²) in [6.45, 7) is 0. The predicted molar refractivity (Wildman–Crippen MR) is 115 cm³/mol. The summed E-state index contributed by atoms with van der Waals surface area (Å²) < 4.78 is 7.28. The fourth-order valence-corrected chi connectivity index (χ4v) is 3.26. The molecule has 7 heteroatoms. The molecule has 0 fully saturated rings. The molecule has 0 amide bonds. The zero-order valence-electron chi connectivity index (χ0n) is 15.6. The number of halogens is 1. The number of hydrogen-bond acceptors (Lipinski definition) is 5. The van der Waals surface area contributed by atoms with Crippen molar-refractivity contribution in [2.45, 2.75) is 0 Å². The number of allylic oxidation sites excluding steroid dienone is 1. The van der Waals surface area contributed by atoms with Gasteiger partial charge in [-0.05, 0) is 36.4 Å².